The minimum Gasteiger partial charge on any atom is -0.356 e. The number of piperidine rings is 1. The number of nitrogens with zero attached hydrogens (tertiary/aromatic N) is 5. The van der Waals surface area contributed by atoms with Gasteiger partial charge in [-0.25, -0.2) is 9.37 Å². The first-order valence-electron chi connectivity index (χ1n) is 8.99. The van der Waals surface area contributed by atoms with Crippen LogP contribution in [0, 0.1) is 5.82 Å². The Labute approximate surface area is 164 Å². The third-order valence-electron chi connectivity index (χ3n) is 5.17. The summed E-state index contributed by atoms with van der Waals surface area (Å²) < 4.78 is 16.4. The number of aromatic nitrogens is 4. The highest BCUT2D eigenvalue weighted by atomic mass is 79.9. The van der Waals surface area contributed by atoms with Crippen molar-refractivity contribution in [1.82, 2.24) is 19.6 Å². The van der Waals surface area contributed by atoms with Gasteiger partial charge in [0.2, 0.25) is 0 Å². The number of benzene rings is 1. The molecule has 5 nitrogen and oxygen atoms in total. The Hall–Kier alpha value is -2.54. The highest BCUT2D eigenvalue weighted by molar-refractivity contribution is 9.10. The van der Waals surface area contributed by atoms with E-state index < -0.39 is 0 Å². The SMILES string of the molecule is Fc1cc2nc(N3CCCC(c4nnc5ccccn45)C3)ccc2cc1Br. The average molecular weight is 426 g/mol. The molecule has 4 aromatic rings. The molecular weight excluding hydrogens is 409 g/mol. The molecule has 0 amide bonds. The van der Waals surface area contributed by atoms with Crippen LogP contribution in [0.15, 0.2) is 53.1 Å². The first-order chi connectivity index (χ1) is 13.2. The van der Waals surface area contributed by atoms with E-state index in [1.54, 1.807) is 6.07 Å². The van der Waals surface area contributed by atoms with Gasteiger partial charge in [0.05, 0.1) is 9.99 Å². The molecule has 0 bridgehead atoms. The summed E-state index contributed by atoms with van der Waals surface area (Å²) in [5.41, 5.74) is 1.54. The predicted octanol–water partition coefficient (Wildman–Crippen LogP) is 4.56. The Morgan fingerprint density at radius 2 is 2.04 bits per heavy atom. The van der Waals surface area contributed by atoms with E-state index in [1.807, 2.05) is 36.5 Å². The minimum absolute atomic E-state index is 0.287. The molecule has 7 heteroatoms. The van der Waals surface area contributed by atoms with E-state index in [4.69, 9.17) is 4.98 Å². The topological polar surface area (TPSA) is 46.3 Å². The molecule has 136 valence electrons. The van der Waals surface area contributed by atoms with Crippen LogP contribution < -0.4 is 4.90 Å². The zero-order chi connectivity index (χ0) is 18.4. The van der Waals surface area contributed by atoms with Gasteiger partial charge in [-0.2, -0.15) is 0 Å². The van der Waals surface area contributed by atoms with Crippen molar-refractivity contribution in [3.05, 3.63) is 64.8 Å². The van der Waals surface area contributed by atoms with E-state index in [9.17, 15) is 4.39 Å². The standard InChI is InChI=1S/C20H17BrFN5/c21-15-10-13-6-7-18(23-17(13)11-16(15)22)26-8-3-4-14(12-26)20-25-24-19-5-1-2-9-27(19)20/h1-2,5-7,9-11,14H,3-4,8,12H2. The fraction of sp³-hybridized carbons (Fsp3) is 0.250. The summed E-state index contributed by atoms with van der Waals surface area (Å²) in [6, 6.07) is 13.2. The molecule has 4 heterocycles. The van der Waals surface area contributed by atoms with Crippen LogP contribution in [0.4, 0.5) is 10.2 Å². The zero-order valence-electron chi connectivity index (χ0n) is 14.5. The van der Waals surface area contributed by atoms with Crippen molar-refractivity contribution in [2.75, 3.05) is 18.0 Å². The van der Waals surface area contributed by atoms with Gasteiger partial charge in [0.1, 0.15) is 17.5 Å². The second-order valence-corrected chi connectivity index (χ2v) is 7.76. The Morgan fingerprint density at radius 1 is 1.11 bits per heavy atom. The Balaban J connectivity index is 1.47. The quantitative estimate of drug-likeness (QED) is 0.472. The Morgan fingerprint density at radius 3 is 2.96 bits per heavy atom. The number of halogens is 2. The molecule has 1 aliphatic heterocycles. The fourth-order valence-electron chi connectivity index (χ4n) is 3.82. The normalized spacial score (nSPS) is 17.7. The minimum atomic E-state index is -0.293. The van der Waals surface area contributed by atoms with E-state index in [-0.39, 0.29) is 11.7 Å². The second-order valence-electron chi connectivity index (χ2n) is 6.90. The van der Waals surface area contributed by atoms with E-state index in [0.29, 0.717) is 9.99 Å². The van der Waals surface area contributed by atoms with Crippen LogP contribution in [0.3, 0.4) is 0 Å². The number of hydrogen-bond acceptors (Lipinski definition) is 4. The number of rotatable bonds is 2. The molecule has 5 rings (SSSR count). The van der Waals surface area contributed by atoms with E-state index >= 15 is 0 Å². The van der Waals surface area contributed by atoms with Crippen molar-refractivity contribution in [2.24, 2.45) is 0 Å². The molecule has 1 fully saturated rings. The fourth-order valence-corrected chi connectivity index (χ4v) is 4.18. The lowest BCUT2D eigenvalue weighted by Crippen LogP contribution is -2.35. The molecule has 3 aromatic heterocycles. The van der Waals surface area contributed by atoms with E-state index in [2.05, 4.69) is 35.4 Å². The van der Waals surface area contributed by atoms with Gasteiger partial charge < -0.3 is 4.90 Å². The van der Waals surface area contributed by atoms with Gasteiger partial charge in [-0.3, -0.25) is 4.40 Å². The largest absolute Gasteiger partial charge is 0.356 e. The molecule has 0 aliphatic carbocycles. The number of hydrogen-bond donors (Lipinski definition) is 0. The second kappa shape index (κ2) is 6.56. The van der Waals surface area contributed by atoms with Crippen LogP contribution in [0.25, 0.3) is 16.6 Å². The van der Waals surface area contributed by atoms with E-state index in [1.165, 1.54) is 6.07 Å². The van der Waals surface area contributed by atoms with Gasteiger partial charge >= 0.3 is 0 Å². The molecular formula is C20H17BrFN5. The molecule has 0 radical (unpaired) electrons. The lowest BCUT2D eigenvalue weighted by molar-refractivity contribution is 0.486. The van der Waals surface area contributed by atoms with Crippen LogP contribution in [-0.2, 0) is 0 Å². The lowest BCUT2D eigenvalue weighted by atomic mass is 9.97. The molecule has 0 spiro atoms. The summed E-state index contributed by atoms with van der Waals surface area (Å²) in [6.45, 7) is 1.76. The first kappa shape index (κ1) is 16.6. The summed E-state index contributed by atoms with van der Waals surface area (Å²) in [4.78, 5) is 6.96. The molecule has 1 aromatic carbocycles. The molecule has 1 aliphatic rings. The third kappa shape index (κ3) is 2.96. The summed E-state index contributed by atoms with van der Waals surface area (Å²) in [7, 11) is 0. The monoisotopic (exact) mass is 425 g/mol. The van der Waals surface area contributed by atoms with Crippen molar-refractivity contribution in [2.45, 2.75) is 18.8 Å². The Kier molecular flexibility index (Phi) is 4.04. The molecule has 0 N–H and O–H groups in total. The predicted molar refractivity (Wildman–Crippen MR) is 107 cm³/mol. The average Bonchev–Trinajstić information content (AvgIpc) is 3.13. The highest BCUT2D eigenvalue weighted by Crippen LogP contribution is 2.30. The van der Waals surface area contributed by atoms with Crippen molar-refractivity contribution < 1.29 is 4.39 Å². The van der Waals surface area contributed by atoms with Gasteiger partial charge in [0.25, 0.3) is 0 Å². The van der Waals surface area contributed by atoms with Crippen LogP contribution in [0.2, 0.25) is 0 Å². The van der Waals surface area contributed by atoms with Crippen LogP contribution >= 0.6 is 15.9 Å². The first-order valence-corrected chi connectivity index (χ1v) is 9.79. The summed E-state index contributed by atoms with van der Waals surface area (Å²) in [5, 5.41) is 9.63. The zero-order valence-corrected chi connectivity index (χ0v) is 16.1. The molecule has 1 atom stereocenters. The number of anilines is 1. The maximum atomic E-state index is 13.9. The van der Waals surface area contributed by atoms with Crippen molar-refractivity contribution >= 4 is 38.3 Å². The van der Waals surface area contributed by atoms with Gasteiger partial charge in [-0.1, -0.05) is 6.07 Å². The molecule has 0 saturated carbocycles. The Bertz CT molecular complexity index is 1140. The van der Waals surface area contributed by atoms with Gasteiger partial charge in [0.15, 0.2) is 5.65 Å². The smallest absolute Gasteiger partial charge is 0.160 e. The number of pyridine rings is 2. The van der Waals surface area contributed by atoms with Crippen molar-refractivity contribution in [1.29, 1.82) is 0 Å². The maximum Gasteiger partial charge on any atom is 0.160 e. The van der Waals surface area contributed by atoms with Crippen LogP contribution in [-0.4, -0.2) is 32.7 Å². The van der Waals surface area contributed by atoms with E-state index in [0.717, 1.165) is 48.6 Å². The third-order valence-corrected chi connectivity index (χ3v) is 5.77. The summed E-state index contributed by atoms with van der Waals surface area (Å²) in [5.74, 6) is 1.86. The summed E-state index contributed by atoms with van der Waals surface area (Å²) >= 11 is 3.23. The maximum absolute atomic E-state index is 13.9. The van der Waals surface area contributed by atoms with Gasteiger partial charge in [-0.05, 0) is 59.1 Å². The molecule has 1 saturated heterocycles. The van der Waals surface area contributed by atoms with Crippen molar-refractivity contribution in [3.63, 3.8) is 0 Å². The molecule has 27 heavy (non-hydrogen) atoms. The lowest BCUT2D eigenvalue weighted by Gasteiger charge is -2.33. The van der Waals surface area contributed by atoms with Gasteiger partial charge in [0, 0.05) is 36.7 Å². The number of fused-ring (bicyclic) bond motifs is 2. The molecule has 1 unspecified atom stereocenters. The van der Waals surface area contributed by atoms with Crippen molar-refractivity contribution in [3.8, 4) is 0 Å². The van der Waals surface area contributed by atoms with Gasteiger partial charge in [-0.15, -0.1) is 10.2 Å². The highest BCUT2D eigenvalue weighted by Gasteiger charge is 2.26. The summed E-state index contributed by atoms with van der Waals surface area (Å²) in [6.07, 6.45) is 4.14. The van der Waals surface area contributed by atoms with Crippen LogP contribution in [0.1, 0.15) is 24.6 Å². The van der Waals surface area contributed by atoms with Crippen LogP contribution in [0.5, 0.6) is 0 Å².